The molecule has 54 heavy (non-hydrogen) atoms. The summed E-state index contributed by atoms with van der Waals surface area (Å²) in [4.78, 5) is 5.09. The van der Waals surface area contributed by atoms with Crippen LogP contribution in [0.1, 0.15) is 102 Å². The first-order chi connectivity index (χ1) is 26.4. The average Bonchev–Trinajstić information content (AvgIpc) is 3.19. The Labute approximate surface area is 321 Å². The summed E-state index contributed by atoms with van der Waals surface area (Å²) in [5, 5.41) is 33.7. The number of benzene rings is 6. The van der Waals surface area contributed by atoms with Gasteiger partial charge in [0.05, 0.1) is 23.6 Å². The second-order valence-electron chi connectivity index (χ2n) is 15.6. The molecule has 0 saturated heterocycles. The molecule has 0 heterocycles. The second kappa shape index (κ2) is 16.5. The molecule has 6 aromatic carbocycles. The van der Waals surface area contributed by atoms with Gasteiger partial charge in [-0.25, -0.2) is 0 Å². The van der Waals surface area contributed by atoms with Gasteiger partial charge >= 0.3 is 0 Å². The lowest BCUT2D eigenvalue weighted by atomic mass is 9.60. The van der Waals surface area contributed by atoms with Gasteiger partial charge in [0.1, 0.15) is 0 Å². The molecule has 6 N–H and O–H groups in total. The Hall–Kier alpha value is -4.52. The maximum atomic E-state index is 12.6. The highest BCUT2D eigenvalue weighted by Crippen LogP contribution is 2.57. The summed E-state index contributed by atoms with van der Waals surface area (Å²) in [6, 6.07) is 29.5. The number of nitrogens with two attached hydrogens (primary N) is 2. The third kappa shape index (κ3) is 6.51. The number of anilines is 4. The molecule has 0 spiro atoms. The number of rotatable bonds is 16. The number of nitrogen functional groups attached to an aromatic ring is 2. The van der Waals surface area contributed by atoms with Crippen LogP contribution in [0.4, 0.5) is 22.7 Å². The molecule has 6 nitrogen and oxygen atoms in total. The standard InChI is InChI=1S/C48H60N4O2/c1-5-9-27-51(28-10-6-2)45-33-21-15-13-19-31(33)41(39-35(45)23-17-25-37(39)49)43-47(53)44(48(43)54)42-32-20-14-16-22-34(32)46(36-24-18-26-38(50)40(36)42)52(29-11-7-3)30-12-8-4/h13-26,43-44,47-48,53-54H,5-12,27-30,49-50H2,1-4H3. The molecule has 0 aliphatic heterocycles. The summed E-state index contributed by atoms with van der Waals surface area (Å²) in [7, 11) is 0. The van der Waals surface area contributed by atoms with Gasteiger partial charge in [0.25, 0.3) is 0 Å². The minimum absolute atomic E-state index is 0.537. The maximum Gasteiger partial charge on any atom is 0.0728 e. The summed E-state index contributed by atoms with van der Waals surface area (Å²) in [6.45, 7) is 12.8. The van der Waals surface area contributed by atoms with Crippen LogP contribution in [0.15, 0.2) is 84.9 Å². The normalized spacial score (nSPS) is 18.5. The van der Waals surface area contributed by atoms with E-state index in [-0.39, 0.29) is 0 Å². The van der Waals surface area contributed by atoms with Gasteiger partial charge in [-0.2, -0.15) is 0 Å². The minimum atomic E-state index is -0.860. The molecule has 7 rings (SSSR count). The zero-order valence-electron chi connectivity index (χ0n) is 32.8. The molecule has 1 saturated carbocycles. The van der Waals surface area contributed by atoms with E-state index in [4.69, 9.17) is 11.5 Å². The van der Waals surface area contributed by atoms with E-state index in [0.717, 1.165) is 132 Å². The van der Waals surface area contributed by atoms with Crippen molar-refractivity contribution in [2.24, 2.45) is 0 Å². The van der Waals surface area contributed by atoms with Crippen molar-refractivity contribution in [3.63, 3.8) is 0 Å². The van der Waals surface area contributed by atoms with Crippen molar-refractivity contribution in [3.8, 4) is 0 Å². The van der Waals surface area contributed by atoms with Crippen LogP contribution in [-0.2, 0) is 0 Å². The van der Waals surface area contributed by atoms with E-state index in [9.17, 15) is 10.2 Å². The van der Waals surface area contributed by atoms with Crippen LogP contribution in [0.2, 0.25) is 0 Å². The van der Waals surface area contributed by atoms with Gasteiger partial charge in [-0.05, 0) is 59.7 Å². The summed E-state index contributed by atoms with van der Waals surface area (Å²) >= 11 is 0. The molecular weight excluding hydrogens is 665 g/mol. The van der Waals surface area contributed by atoms with E-state index in [1.54, 1.807) is 0 Å². The number of hydrogen-bond donors (Lipinski definition) is 4. The summed E-state index contributed by atoms with van der Waals surface area (Å²) in [5.41, 5.74) is 19.5. The maximum absolute atomic E-state index is 12.6. The van der Waals surface area contributed by atoms with Crippen LogP contribution in [0.3, 0.4) is 0 Å². The Bertz CT molecular complexity index is 2070. The van der Waals surface area contributed by atoms with E-state index in [1.807, 2.05) is 24.3 Å². The third-order valence-corrected chi connectivity index (χ3v) is 12.1. The largest absolute Gasteiger partial charge is 0.398 e. The highest BCUT2D eigenvalue weighted by molar-refractivity contribution is 6.19. The summed E-state index contributed by atoms with van der Waals surface area (Å²) in [6.07, 6.45) is 7.15. The molecule has 0 amide bonds. The Morgan fingerprint density at radius 1 is 0.444 bits per heavy atom. The van der Waals surface area contributed by atoms with Crippen molar-refractivity contribution < 1.29 is 10.2 Å². The van der Waals surface area contributed by atoms with Crippen molar-refractivity contribution >= 4 is 65.8 Å². The molecule has 0 bridgehead atoms. The predicted octanol–water partition coefficient (Wildman–Crippen LogP) is 10.9. The first kappa shape index (κ1) is 37.8. The zero-order chi connectivity index (χ0) is 37.9. The van der Waals surface area contributed by atoms with E-state index >= 15 is 0 Å². The molecule has 0 atom stereocenters. The Morgan fingerprint density at radius 2 is 0.759 bits per heavy atom. The number of hydrogen-bond acceptors (Lipinski definition) is 6. The third-order valence-electron chi connectivity index (χ3n) is 12.1. The fourth-order valence-electron chi connectivity index (χ4n) is 9.37. The molecule has 1 fully saturated rings. The lowest BCUT2D eigenvalue weighted by Crippen LogP contribution is -2.52. The molecule has 6 heteroatoms. The molecular formula is C48H60N4O2. The first-order valence-electron chi connectivity index (χ1n) is 20.7. The van der Waals surface area contributed by atoms with E-state index in [2.05, 4.69) is 98.2 Å². The Kier molecular flexibility index (Phi) is 11.5. The molecule has 0 unspecified atom stereocenters. The van der Waals surface area contributed by atoms with Crippen molar-refractivity contribution in [2.75, 3.05) is 47.4 Å². The fraction of sp³-hybridized carbons (Fsp3) is 0.417. The number of fused-ring (bicyclic) bond motifs is 4. The van der Waals surface area contributed by atoms with Crippen molar-refractivity contribution in [1.82, 2.24) is 0 Å². The van der Waals surface area contributed by atoms with Crippen LogP contribution in [0, 0.1) is 0 Å². The molecule has 0 radical (unpaired) electrons. The lowest BCUT2D eigenvalue weighted by Gasteiger charge is -2.49. The number of aliphatic hydroxyl groups excluding tert-OH is 2. The van der Waals surface area contributed by atoms with Gasteiger partial charge in [-0.15, -0.1) is 0 Å². The van der Waals surface area contributed by atoms with Gasteiger partial charge in [0, 0.05) is 81.7 Å². The van der Waals surface area contributed by atoms with Crippen LogP contribution < -0.4 is 21.3 Å². The highest BCUT2D eigenvalue weighted by atomic mass is 16.3. The number of aliphatic hydroxyl groups is 2. The molecule has 1 aliphatic rings. The van der Waals surface area contributed by atoms with Crippen LogP contribution in [0.25, 0.3) is 43.1 Å². The quantitative estimate of drug-likeness (QED) is 0.0586. The molecule has 6 aromatic rings. The highest BCUT2D eigenvalue weighted by Gasteiger charge is 2.53. The first-order valence-corrected chi connectivity index (χ1v) is 20.7. The number of nitrogens with zero attached hydrogens (tertiary/aromatic N) is 2. The van der Waals surface area contributed by atoms with Gasteiger partial charge in [-0.1, -0.05) is 126 Å². The lowest BCUT2D eigenvalue weighted by molar-refractivity contribution is -0.0765. The SMILES string of the molecule is CCCCN(CCCC)c1c2ccccc2c(C2C(O)C(c3c4ccccc4c(N(CCCC)CCCC)c4cccc(N)c34)C2O)c2c(N)cccc12. The van der Waals surface area contributed by atoms with E-state index in [1.165, 1.54) is 11.4 Å². The molecule has 0 aromatic heterocycles. The smallest absolute Gasteiger partial charge is 0.0728 e. The van der Waals surface area contributed by atoms with Crippen molar-refractivity contribution in [1.29, 1.82) is 0 Å². The summed E-state index contributed by atoms with van der Waals surface area (Å²) in [5.74, 6) is -1.07. The van der Waals surface area contributed by atoms with Crippen molar-refractivity contribution in [3.05, 3.63) is 96.1 Å². The number of unbranched alkanes of at least 4 members (excludes halogenated alkanes) is 4. The van der Waals surface area contributed by atoms with Gasteiger partial charge in [-0.3, -0.25) is 0 Å². The topological polar surface area (TPSA) is 99.0 Å². The van der Waals surface area contributed by atoms with Crippen LogP contribution in [-0.4, -0.2) is 48.6 Å². The van der Waals surface area contributed by atoms with Crippen LogP contribution >= 0.6 is 0 Å². The van der Waals surface area contributed by atoms with Gasteiger partial charge < -0.3 is 31.5 Å². The monoisotopic (exact) mass is 724 g/mol. The predicted molar refractivity (Wildman–Crippen MR) is 233 cm³/mol. The van der Waals surface area contributed by atoms with Gasteiger partial charge in [0.15, 0.2) is 0 Å². The molecule has 284 valence electrons. The zero-order valence-corrected chi connectivity index (χ0v) is 32.8. The van der Waals surface area contributed by atoms with E-state index < -0.39 is 24.0 Å². The minimum Gasteiger partial charge on any atom is -0.398 e. The van der Waals surface area contributed by atoms with Gasteiger partial charge in [0.2, 0.25) is 0 Å². The molecule has 1 aliphatic carbocycles. The Morgan fingerprint density at radius 3 is 1.09 bits per heavy atom. The van der Waals surface area contributed by atoms with E-state index in [0.29, 0.717) is 11.4 Å². The van der Waals surface area contributed by atoms with Crippen LogP contribution in [0.5, 0.6) is 0 Å². The fourth-order valence-corrected chi connectivity index (χ4v) is 9.37. The van der Waals surface area contributed by atoms with Crippen molar-refractivity contribution in [2.45, 2.75) is 103 Å². The Balaban J connectivity index is 1.43. The second-order valence-corrected chi connectivity index (χ2v) is 15.6. The average molecular weight is 725 g/mol. The summed E-state index contributed by atoms with van der Waals surface area (Å²) < 4.78 is 0.